The lowest BCUT2D eigenvalue weighted by molar-refractivity contribution is 0.317. The number of phenols is 1. The number of rotatable bonds is 5. The van der Waals surface area contributed by atoms with Crippen LogP contribution in [0.15, 0.2) is 60.0 Å². The molecule has 1 aromatic heterocycles. The lowest BCUT2D eigenvalue weighted by atomic mass is 9.83. The first-order valence-corrected chi connectivity index (χ1v) is 9.30. The molecule has 7 heteroatoms. The molecule has 0 aliphatic carbocycles. The highest BCUT2D eigenvalue weighted by atomic mass is 16.5. The minimum absolute atomic E-state index is 0.00899. The van der Waals surface area contributed by atoms with Gasteiger partial charge in [-0.05, 0) is 48.4 Å². The molecular weight excluding hydrogens is 368 g/mol. The zero-order valence-corrected chi connectivity index (χ0v) is 15.8. The molecule has 0 saturated carbocycles. The van der Waals surface area contributed by atoms with Gasteiger partial charge in [-0.3, -0.25) is 5.10 Å². The van der Waals surface area contributed by atoms with E-state index in [-0.39, 0.29) is 17.2 Å². The van der Waals surface area contributed by atoms with Crippen molar-refractivity contribution in [2.24, 2.45) is 5.73 Å². The normalized spacial score (nSPS) is 15.4. The molecule has 146 valence electrons. The number of ether oxygens (including phenoxy) is 2. The highest BCUT2D eigenvalue weighted by Gasteiger charge is 2.35. The Labute approximate surface area is 168 Å². The smallest absolute Gasteiger partial charge is 0.244 e. The highest BCUT2D eigenvalue weighted by molar-refractivity contribution is 5.71. The maximum atomic E-state index is 9.96. The largest absolute Gasteiger partial charge is 0.508 e. The van der Waals surface area contributed by atoms with Crippen LogP contribution in [0.25, 0.3) is 11.3 Å². The summed E-state index contributed by atoms with van der Waals surface area (Å²) in [5, 5.41) is 26.9. The van der Waals surface area contributed by atoms with E-state index in [1.807, 2.05) is 30.3 Å². The topological polar surface area (TPSA) is 117 Å². The van der Waals surface area contributed by atoms with Crippen LogP contribution < -0.4 is 15.2 Å². The minimum Gasteiger partial charge on any atom is -0.508 e. The number of hydrogen-bond donors (Lipinski definition) is 3. The second-order valence-electron chi connectivity index (χ2n) is 6.71. The number of phenolic OH excluding ortho intramolecular Hbond substituents is 1. The van der Waals surface area contributed by atoms with Crippen molar-refractivity contribution in [1.82, 2.24) is 10.2 Å². The van der Waals surface area contributed by atoms with Gasteiger partial charge in [0.15, 0.2) is 0 Å². The SMILES string of the molecule is CCCOc1ccc(-c2[nH]nc3c2[C@@H](c2cccc(O)c2)C(C#N)=C(N)O3)cc1. The van der Waals surface area contributed by atoms with Gasteiger partial charge in [-0.2, -0.15) is 5.26 Å². The molecule has 0 fully saturated rings. The van der Waals surface area contributed by atoms with Crippen molar-refractivity contribution in [3.05, 3.63) is 71.1 Å². The molecule has 0 bridgehead atoms. The van der Waals surface area contributed by atoms with E-state index in [2.05, 4.69) is 23.2 Å². The second kappa shape index (κ2) is 7.60. The van der Waals surface area contributed by atoms with E-state index in [1.165, 1.54) is 0 Å². The van der Waals surface area contributed by atoms with E-state index in [0.29, 0.717) is 18.1 Å². The van der Waals surface area contributed by atoms with Crippen LogP contribution in [-0.4, -0.2) is 21.9 Å². The Morgan fingerprint density at radius 2 is 2.07 bits per heavy atom. The van der Waals surface area contributed by atoms with Crippen LogP contribution in [0.4, 0.5) is 0 Å². The summed E-state index contributed by atoms with van der Waals surface area (Å²) >= 11 is 0. The van der Waals surface area contributed by atoms with Crippen LogP contribution in [0.2, 0.25) is 0 Å². The van der Waals surface area contributed by atoms with E-state index in [9.17, 15) is 10.4 Å². The van der Waals surface area contributed by atoms with Crippen molar-refractivity contribution in [2.45, 2.75) is 19.3 Å². The van der Waals surface area contributed by atoms with Crippen molar-refractivity contribution in [3.8, 4) is 34.7 Å². The van der Waals surface area contributed by atoms with Crippen molar-refractivity contribution in [2.75, 3.05) is 6.61 Å². The molecule has 0 radical (unpaired) electrons. The van der Waals surface area contributed by atoms with Crippen LogP contribution in [0.3, 0.4) is 0 Å². The molecule has 7 nitrogen and oxygen atoms in total. The number of allylic oxidation sites excluding steroid dienone is 1. The molecule has 4 rings (SSSR count). The van der Waals surface area contributed by atoms with Crippen LogP contribution >= 0.6 is 0 Å². The van der Waals surface area contributed by atoms with Crippen LogP contribution in [0.1, 0.15) is 30.4 Å². The molecule has 29 heavy (non-hydrogen) atoms. The van der Waals surface area contributed by atoms with Gasteiger partial charge >= 0.3 is 0 Å². The summed E-state index contributed by atoms with van der Waals surface area (Å²) < 4.78 is 11.2. The number of benzene rings is 2. The van der Waals surface area contributed by atoms with Crippen LogP contribution in [0.5, 0.6) is 17.4 Å². The zero-order chi connectivity index (χ0) is 20.4. The standard InChI is InChI=1S/C22H20N4O3/c1-2-10-28-16-8-6-13(7-9-16)20-19-18(14-4-3-5-15(27)11-14)17(12-23)21(24)29-22(19)26-25-20/h3-9,11,18,27H,2,10,24H2,1H3,(H,25,26)/t18-/m0/s1. The molecule has 0 spiro atoms. The van der Waals surface area contributed by atoms with Gasteiger partial charge in [0.1, 0.15) is 23.1 Å². The fourth-order valence-corrected chi connectivity index (χ4v) is 3.44. The Kier molecular flexibility index (Phi) is 4.83. The van der Waals surface area contributed by atoms with Crippen molar-refractivity contribution in [3.63, 3.8) is 0 Å². The number of aromatic nitrogens is 2. The fraction of sp³-hybridized carbons (Fsp3) is 0.182. The first-order valence-electron chi connectivity index (χ1n) is 9.30. The predicted molar refractivity (Wildman–Crippen MR) is 107 cm³/mol. The molecule has 0 unspecified atom stereocenters. The first kappa shape index (κ1) is 18.4. The molecule has 1 aliphatic heterocycles. The predicted octanol–water partition coefficient (Wildman–Crippen LogP) is 3.79. The van der Waals surface area contributed by atoms with Crippen molar-refractivity contribution < 1.29 is 14.6 Å². The molecular formula is C22H20N4O3. The van der Waals surface area contributed by atoms with Gasteiger partial charge in [0.2, 0.25) is 11.8 Å². The van der Waals surface area contributed by atoms with Crippen molar-refractivity contribution in [1.29, 1.82) is 5.26 Å². The van der Waals surface area contributed by atoms with E-state index in [4.69, 9.17) is 15.2 Å². The number of nitrogens with one attached hydrogen (secondary N) is 1. The lowest BCUT2D eigenvalue weighted by Crippen LogP contribution is -2.20. The summed E-state index contributed by atoms with van der Waals surface area (Å²) in [5.41, 5.74) is 9.27. The molecule has 4 N–H and O–H groups in total. The molecule has 3 aromatic rings. The Morgan fingerprint density at radius 3 is 2.76 bits per heavy atom. The van der Waals surface area contributed by atoms with Gasteiger partial charge in [0.05, 0.1) is 23.8 Å². The molecule has 2 aromatic carbocycles. The molecule has 2 heterocycles. The number of fused-ring (bicyclic) bond motifs is 1. The third kappa shape index (κ3) is 3.36. The summed E-state index contributed by atoms with van der Waals surface area (Å²) in [5.74, 6) is 0.701. The van der Waals surface area contributed by atoms with Gasteiger partial charge in [0.25, 0.3) is 0 Å². The summed E-state index contributed by atoms with van der Waals surface area (Å²) in [6.07, 6.45) is 0.934. The number of nitriles is 1. The van der Waals surface area contributed by atoms with Crippen LogP contribution in [-0.2, 0) is 0 Å². The first-order chi connectivity index (χ1) is 14.1. The Hall–Kier alpha value is -3.92. The minimum atomic E-state index is -0.513. The number of nitrogens with zero attached hydrogens (tertiary/aromatic N) is 2. The Bertz CT molecular complexity index is 1110. The third-order valence-corrected chi connectivity index (χ3v) is 4.76. The maximum absolute atomic E-state index is 9.96. The molecule has 1 atom stereocenters. The molecule has 1 aliphatic rings. The van der Waals surface area contributed by atoms with E-state index >= 15 is 0 Å². The number of H-pyrrole nitrogens is 1. The average molecular weight is 388 g/mol. The summed E-state index contributed by atoms with van der Waals surface area (Å²) in [7, 11) is 0. The summed E-state index contributed by atoms with van der Waals surface area (Å²) in [6, 6.07) is 16.5. The average Bonchev–Trinajstić information content (AvgIpc) is 3.14. The monoisotopic (exact) mass is 388 g/mol. The van der Waals surface area contributed by atoms with Gasteiger partial charge in [-0.1, -0.05) is 19.1 Å². The summed E-state index contributed by atoms with van der Waals surface area (Å²) in [4.78, 5) is 0. The Balaban J connectivity index is 1.82. The van der Waals surface area contributed by atoms with Crippen molar-refractivity contribution >= 4 is 0 Å². The quantitative estimate of drug-likeness (QED) is 0.612. The summed E-state index contributed by atoms with van der Waals surface area (Å²) in [6.45, 7) is 2.71. The van der Waals surface area contributed by atoms with Gasteiger partial charge < -0.3 is 20.3 Å². The number of nitrogens with two attached hydrogens (primary N) is 1. The van der Waals surface area contributed by atoms with Gasteiger partial charge in [-0.15, -0.1) is 5.10 Å². The molecule has 0 amide bonds. The van der Waals surface area contributed by atoms with E-state index in [1.54, 1.807) is 18.2 Å². The fourth-order valence-electron chi connectivity index (χ4n) is 3.44. The number of aromatic amines is 1. The Morgan fingerprint density at radius 1 is 1.28 bits per heavy atom. The van der Waals surface area contributed by atoms with Gasteiger partial charge in [-0.25, -0.2) is 0 Å². The van der Waals surface area contributed by atoms with Crippen LogP contribution in [0, 0.1) is 11.3 Å². The number of aromatic hydroxyl groups is 1. The second-order valence-corrected chi connectivity index (χ2v) is 6.71. The molecule has 0 saturated heterocycles. The lowest BCUT2D eigenvalue weighted by Gasteiger charge is -2.24. The number of hydrogen-bond acceptors (Lipinski definition) is 6. The zero-order valence-electron chi connectivity index (χ0n) is 15.8. The van der Waals surface area contributed by atoms with Gasteiger partial charge in [0, 0.05) is 5.56 Å². The highest BCUT2D eigenvalue weighted by Crippen LogP contribution is 2.46. The van der Waals surface area contributed by atoms with E-state index in [0.717, 1.165) is 29.0 Å². The van der Waals surface area contributed by atoms with E-state index < -0.39 is 5.92 Å². The third-order valence-electron chi connectivity index (χ3n) is 4.76. The maximum Gasteiger partial charge on any atom is 0.244 e.